The third-order valence-corrected chi connectivity index (χ3v) is 3.35. The van der Waals surface area contributed by atoms with E-state index >= 15 is 0 Å². The van der Waals surface area contributed by atoms with E-state index in [2.05, 4.69) is 9.97 Å². The van der Waals surface area contributed by atoms with Gasteiger partial charge in [0.1, 0.15) is 16.5 Å². The second kappa shape index (κ2) is 5.30. The van der Waals surface area contributed by atoms with Gasteiger partial charge >= 0.3 is 0 Å². The molecule has 0 atom stereocenters. The quantitative estimate of drug-likeness (QED) is 0.854. The van der Waals surface area contributed by atoms with E-state index in [-0.39, 0.29) is 6.61 Å². The molecule has 0 spiro atoms. The van der Waals surface area contributed by atoms with Gasteiger partial charge < -0.3 is 5.11 Å². The van der Waals surface area contributed by atoms with Gasteiger partial charge in [0.15, 0.2) is 0 Å². The van der Waals surface area contributed by atoms with Crippen molar-refractivity contribution in [1.82, 2.24) is 9.97 Å². The van der Waals surface area contributed by atoms with Crippen molar-refractivity contribution in [3.8, 4) is 0 Å². The maximum Gasteiger partial charge on any atom is 0.139 e. The summed E-state index contributed by atoms with van der Waals surface area (Å²) in [5, 5.41) is 10.2. The van der Waals surface area contributed by atoms with Gasteiger partial charge in [0.25, 0.3) is 0 Å². The van der Waals surface area contributed by atoms with E-state index in [1.807, 2.05) is 30.3 Å². The second-order valence-corrected chi connectivity index (χ2v) is 4.44. The molecular weight excluding hydrogens is 244 g/mol. The maximum absolute atomic E-state index is 9.20. The van der Waals surface area contributed by atoms with Crippen LogP contribution in [0.15, 0.2) is 46.6 Å². The van der Waals surface area contributed by atoms with Crippen molar-refractivity contribution >= 4 is 23.4 Å². The zero-order valence-corrected chi connectivity index (χ0v) is 9.87. The Kier molecular flexibility index (Phi) is 3.77. The van der Waals surface area contributed by atoms with E-state index < -0.39 is 0 Å². The first-order valence-electron chi connectivity index (χ1n) is 4.64. The normalized spacial score (nSPS) is 10.4. The molecule has 1 N–H and O–H groups in total. The number of benzene rings is 1. The largest absolute Gasteiger partial charge is 0.391 e. The SMILES string of the molecule is OCc1c(Cl)ncnc1Sc1ccccc1. The van der Waals surface area contributed by atoms with E-state index in [1.54, 1.807) is 0 Å². The van der Waals surface area contributed by atoms with Crippen LogP contribution in [0.2, 0.25) is 5.15 Å². The fraction of sp³-hybridized carbons (Fsp3) is 0.0909. The minimum atomic E-state index is -0.158. The first-order valence-corrected chi connectivity index (χ1v) is 5.84. The third-order valence-electron chi connectivity index (χ3n) is 1.97. The van der Waals surface area contributed by atoms with E-state index in [4.69, 9.17) is 11.6 Å². The summed E-state index contributed by atoms with van der Waals surface area (Å²) in [5.74, 6) is 0. The zero-order valence-electron chi connectivity index (χ0n) is 8.30. The van der Waals surface area contributed by atoms with Gasteiger partial charge in [-0.05, 0) is 12.1 Å². The van der Waals surface area contributed by atoms with Crippen molar-refractivity contribution in [2.45, 2.75) is 16.5 Å². The molecule has 16 heavy (non-hydrogen) atoms. The van der Waals surface area contributed by atoms with Crippen LogP contribution < -0.4 is 0 Å². The van der Waals surface area contributed by atoms with E-state index in [9.17, 15) is 5.11 Å². The highest BCUT2D eigenvalue weighted by Gasteiger charge is 2.09. The average Bonchev–Trinajstić information content (AvgIpc) is 2.31. The number of aromatic nitrogens is 2. The predicted molar refractivity (Wildman–Crippen MR) is 63.5 cm³/mol. The first kappa shape index (κ1) is 11.4. The Labute approximate surface area is 103 Å². The van der Waals surface area contributed by atoms with Crippen LogP contribution in [0, 0.1) is 0 Å². The van der Waals surface area contributed by atoms with Gasteiger partial charge in [-0.3, -0.25) is 0 Å². The Bertz CT molecular complexity index is 479. The van der Waals surface area contributed by atoms with Crippen LogP contribution in [0.3, 0.4) is 0 Å². The topological polar surface area (TPSA) is 46.0 Å². The van der Waals surface area contributed by atoms with Crippen molar-refractivity contribution in [2.75, 3.05) is 0 Å². The fourth-order valence-electron chi connectivity index (χ4n) is 1.20. The number of hydrogen-bond donors (Lipinski definition) is 1. The summed E-state index contributed by atoms with van der Waals surface area (Å²) in [6.07, 6.45) is 1.40. The smallest absolute Gasteiger partial charge is 0.139 e. The molecule has 0 aliphatic rings. The second-order valence-electron chi connectivity index (χ2n) is 3.02. The summed E-state index contributed by atoms with van der Waals surface area (Å²) in [5.41, 5.74) is 0.568. The van der Waals surface area contributed by atoms with Crippen LogP contribution in [0.1, 0.15) is 5.56 Å². The van der Waals surface area contributed by atoms with Crippen molar-refractivity contribution in [1.29, 1.82) is 0 Å². The molecule has 0 bridgehead atoms. The highest BCUT2D eigenvalue weighted by molar-refractivity contribution is 7.99. The maximum atomic E-state index is 9.20. The van der Waals surface area contributed by atoms with Gasteiger partial charge in [-0.15, -0.1) is 0 Å². The van der Waals surface area contributed by atoms with Gasteiger partial charge in [0.05, 0.1) is 6.61 Å². The first-order chi connectivity index (χ1) is 7.81. The predicted octanol–water partition coefficient (Wildman–Crippen LogP) is 2.77. The van der Waals surface area contributed by atoms with Crippen LogP contribution in [-0.2, 0) is 6.61 Å². The summed E-state index contributed by atoms with van der Waals surface area (Å²) >= 11 is 7.33. The Morgan fingerprint density at radius 3 is 2.62 bits per heavy atom. The number of rotatable bonds is 3. The lowest BCUT2D eigenvalue weighted by Crippen LogP contribution is -1.95. The van der Waals surface area contributed by atoms with Gasteiger partial charge in [-0.1, -0.05) is 41.6 Å². The lowest BCUT2D eigenvalue weighted by atomic mass is 10.4. The molecule has 0 saturated heterocycles. The molecule has 0 saturated carbocycles. The monoisotopic (exact) mass is 252 g/mol. The molecule has 5 heteroatoms. The Balaban J connectivity index is 2.31. The number of nitrogens with zero attached hydrogens (tertiary/aromatic N) is 2. The molecule has 0 radical (unpaired) electrons. The van der Waals surface area contributed by atoms with Crippen LogP contribution >= 0.6 is 23.4 Å². The van der Waals surface area contributed by atoms with Crippen molar-refractivity contribution in [3.05, 3.63) is 47.4 Å². The van der Waals surface area contributed by atoms with Gasteiger partial charge in [-0.2, -0.15) is 0 Å². The standard InChI is InChI=1S/C11H9ClN2OS/c12-10-9(6-15)11(14-7-13-10)16-8-4-2-1-3-5-8/h1-5,7,15H,6H2. The van der Waals surface area contributed by atoms with Crippen LogP contribution in [-0.4, -0.2) is 15.1 Å². The van der Waals surface area contributed by atoms with E-state index in [0.717, 1.165) is 4.90 Å². The molecular formula is C11H9ClN2OS. The zero-order chi connectivity index (χ0) is 11.4. The lowest BCUT2D eigenvalue weighted by Gasteiger charge is -2.06. The van der Waals surface area contributed by atoms with Crippen LogP contribution in [0.25, 0.3) is 0 Å². The lowest BCUT2D eigenvalue weighted by molar-refractivity contribution is 0.277. The number of hydrogen-bond acceptors (Lipinski definition) is 4. The molecule has 82 valence electrons. The summed E-state index contributed by atoms with van der Waals surface area (Å²) < 4.78 is 0. The summed E-state index contributed by atoms with van der Waals surface area (Å²) in [6.45, 7) is -0.158. The molecule has 1 aromatic heterocycles. The molecule has 3 nitrogen and oxygen atoms in total. The molecule has 0 aliphatic carbocycles. The van der Waals surface area contributed by atoms with E-state index in [0.29, 0.717) is 15.7 Å². The Morgan fingerprint density at radius 1 is 1.19 bits per heavy atom. The van der Waals surface area contributed by atoms with E-state index in [1.165, 1.54) is 18.1 Å². The molecule has 0 aliphatic heterocycles. The highest BCUT2D eigenvalue weighted by Crippen LogP contribution is 2.30. The third kappa shape index (κ3) is 2.52. The molecule has 0 unspecified atom stereocenters. The average molecular weight is 253 g/mol. The van der Waals surface area contributed by atoms with Crippen LogP contribution in [0.4, 0.5) is 0 Å². The molecule has 0 fully saturated rings. The highest BCUT2D eigenvalue weighted by atomic mass is 35.5. The van der Waals surface area contributed by atoms with Crippen molar-refractivity contribution in [2.24, 2.45) is 0 Å². The Hall–Kier alpha value is -1.10. The van der Waals surface area contributed by atoms with Crippen molar-refractivity contribution < 1.29 is 5.11 Å². The van der Waals surface area contributed by atoms with Crippen LogP contribution in [0.5, 0.6) is 0 Å². The summed E-state index contributed by atoms with van der Waals surface area (Å²) in [6, 6.07) is 9.79. The summed E-state index contributed by atoms with van der Waals surface area (Å²) in [7, 11) is 0. The molecule has 1 aromatic carbocycles. The minimum Gasteiger partial charge on any atom is -0.391 e. The fourth-order valence-corrected chi connectivity index (χ4v) is 2.35. The molecule has 2 rings (SSSR count). The molecule has 0 amide bonds. The number of aliphatic hydroxyl groups excluding tert-OH is 1. The molecule has 1 heterocycles. The minimum absolute atomic E-state index is 0.158. The van der Waals surface area contributed by atoms with Gasteiger partial charge in [-0.25, -0.2) is 9.97 Å². The van der Waals surface area contributed by atoms with Gasteiger partial charge in [0.2, 0.25) is 0 Å². The summed E-state index contributed by atoms with van der Waals surface area (Å²) in [4.78, 5) is 8.99. The van der Waals surface area contributed by atoms with Crippen molar-refractivity contribution in [3.63, 3.8) is 0 Å². The number of aliphatic hydroxyl groups is 1. The van der Waals surface area contributed by atoms with Gasteiger partial charge in [0, 0.05) is 10.5 Å². The Morgan fingerprint density at radius 2 is 1.94 bits per heavy atom. The number of halogens is 1. The molecule has 2 aromatic rings.